The van der Waals surface area contributed by atoms with E-state index in [9.17, 15) is 13.2 Å². The van der Waals surface area contributed by atoms with Crippen molar-refractivity contribution in [1.29, 1.82) is 0 Å². The molecule has 27 heavy (non-hydrogen) atoms. The fourth-order valence-electron chi connectivity index (χ4n) is 3.18. The van der Waals surface area contributed by atoms with Crippen LogP contribution in [0.25, 0.3) is 0 Å². The van der Waals surface area contributed by atoms with Gasteiger partial charge in [0.2, 0.25) is 15.9 Å². The number of aryl methyl sites for hydroxylation is 1. The second-order valence-corrected chi connectivity index (χ2v) is 8.16. The molecule has 4 N–H and O–H groups in total. The maximum atomic E-state index is 12.7. The molecule has 0 bridgehead atoms. The van der Waals surface area contributed by atoms with Gasteiger partial charge in [-0.1, -0.05) is 13.0 Å². The molecule has 0 aliphatic heterocycles. The molecule has 8 heteroatoms. The summed E-state index contributed by atoms with van der Waals surface area (Å²) < 4.78 is 28.3. The first-order valence-corrected chi connectivity index (χ1v) is 10.2. The molecule has 2 aromatic rings. The van der Waals surface area contributed by atoms with Crippen LogP contribution in [0.5, 0.6) is 0 Å². The summed E-state index contributed by atoms with van der Waals surface area (Å²) in [5.74, 6) is -0.114. The molecule has 0 heterocycles. The van der Waals surface area contributed by atoms with Crippen molar-refractivity contribution in [2.24, 2.45) is 0 Å². The largest absolute Gasteiger partial charge is 0.399 e. The Bertz CT molecular complexity index is 914. The average Bonchev–Trinajstić information content (AvgIpc) is 2.61. The molecule has 3 rings (SSSR count). The van der Waals surface area contributed by atoms with Gasteiger partial charge >= 0.3 is 0 Å². The van der Waals surface area contributed by atoms with Crippen molar-refractivity contribution < 1.29 is 13.2 Å². The van der Waals surface area contributed by atoms with Gasteiger partial charge in [0, 0.05) is 23.8 Å². The van der Waals surface area contributed by atoms with Crippen molar-refractivity contribution in [2.75, 3.05) is 11.1 Å². The zero-order valence-corrected chi connectivity index (χ0v) is 16.7. The Labute approximate surface area is 166 Å². The number of anilines is 2. The monoisotopic (exact) mass is 409 g/mol. The molecule has 0 saturated heterocycles. The SMILES string of the molecule is CCC(=O)Nc1ccc(S(=O)(=O)NC2CCCc3cc(N)ccc32)cc1.Cl. The fourth-order valence-corrected chi connectivity index (χ4v) is 4.43. The standard InChI is InChI=1S/C19H23N3O3S.ClH/c1-2-19(23)21-15-7-9-16(10-8-15)26(24,25)22-18-5-3-4-13-12-14(20)6-11-17(13)18;/h6-12,18,22H,2-5,20H2,1H3,(H,21,23);1H. The number of sulfonamides is 1. The van der Waals surface area contributed by atoms with E-state index in [2.05, 4.69) is 10.0 Å². The normalized spacial score (nSPS) is 16.1. The highest BCUT2D eigenvalue weighted by molar-refractivity contribution is 7.89. The minimum atomic E-state index is -3.66. The molecule has 6 nitrogen and oxygen atoms in total. The number of nitrogen functional groups attached to an aromatic ring is 1. The molecular formula is C19H24ClN3O3S. The number of nitrogens with two attached hydrogens (primary N) is 1. The van der Waals surface area contributed by atoms with Gasteiger partial charge in [0.05, 0.1) is 4.90 Å². The van der Waals surface area contributed by atoms with Crippen molar-refractivity contribution in [2.45, 2.75) is 43.5 Å². The van der Waals surface area contributed by atoms with Crippen molar-refractivity contribution in [3.8, 4) is 0 Å². The van der Waals surface area contributed by atoms with Crippen LogP contribution in [0, 0.1) is 0 Å². The Kier molecular flexibility index (Phi) is 6.86. The Morgan fingerprint density at radius 3 is 2.56 bits per heavy atom. The molecule has 1 unspecified atom stereocenters. The van der Waals surface area contributed by atoms with Gasteiger partial charge in [0.15, 0.2) is 0 Å². The van der Waals surface area contributed by atoms with Gasteiger partial charge in [-0.2, -0.15) is 0 Å². The first kappa shape index (κ1) is 21.2. The summed E-state index contributed by atoms with van der Waals surface area (Å²) in [7, 11) is -3.66. The number of carbonyl (C=O) groups is 1. The maximum absolute atomic E-state index is 12.7. The summed E-state index contributed by atoms with van der Waals surface area (Å²) in [4.78, 5) is 11.6. The van der Waals surface area contributed by atoms with E-state index in [-0.39, 0.29) is 29.3 Å². The van der Waals surface area contributed by atoms with E-state index in [1.165, 1.54) is 12.1 Å². The Morgan fingerprint density at radius 1 is 1.19 bits per heavy atom. The van der Waals surface area contributed by atoms with Crippen LogP contribution in [0.15, 0.2) is 47.4 Å². The lowest BCUT2D eigenvalue weighted by Crippen LogP contribution is -2.31. The van der Waals surface area contributed by atoms with Crippen molar-refractivity contribution in [3.63, 3.8) is 0 Å². The van der Waals surface area contributed by atoms with E-state index in [0.29, 0.717) is 17.8 Å². The van der Waals surface area contributed by atoms with Gasteiger partial charge < -0.3 is 11.1 Å². The van der Waals surface area contributed by atoms with Crippen molar-refractivity contribution >= 4 is 39.7 Å². The first-order chi connectivity index (χ1) is 12.4. The molecule has 0 radical (unpaired) electrons. The highest BCUT2D eigenvalue weighted by Crippen LogP contribution is 2.32. The summed E-state index contributed by atoms with van der Waals surface area (Å²) in [5, 5.41) is 2.70. The minimum Gasteiger partial charge on any atom is -0.399 e. The number of benzene rings is 2. The van der Waals surface area contributed by atoms with E-state index in [0.717, 1.165) is 30.4 Å². The number of hydrogen-bond acceptors (Lipinski definition) is 4. The molecule has 1 amide bonds. The number of carbonyl (C=O) groups excluding carboxylic acids is 1. The third-order valence-electron chi connectivity index (χ3n) is 4.55. The topological polar surface area (TPSA) is 101 Å². The lowest BCUT2D eigenvalue weighted by Gasteiger charge is -2.26. The Hall–Kier alpha value is -2.09. The van der Waals surface area contributed by atoms with Gasteiger partial charge in [0.25, 0.3) is 0 Å². The molecular weight excluding hydrogens is 386 g/mol. The Morgan fingerprint density at radius 2 is 1.89 bits per heavy atom. The van der Waals surface area contributed by atoms with Gasteiger partial charge in [-0.25, -0.2) is 13.1 Å². The average molecular weight is 410 g/mol. The van der Waals surface area contributed by atoms with E-state index in [1.54, 1.807) is 25.1 Å². The molecule has 0 aromatic heterocycles. The zero-order chi connectivity index (χ0) is 18.7. The number of fused-ring (bicyclic) bond motifs is 1. The van der Waals surface area contributed by atoms with Crippen LogP contribution in [0.3, 0.4) is 0 Å². The quantitative estimate of drug-likeness (QED) is 0.658. The second kappa shape index (κ2) is 8.73. The van der Waals surface area contributed by atoms with Crippen LogP contribution in [0.2, 0.25) is 0 Å². The Balaban J connectivity index is 0.00000261. The predicted octanol–water partition coefficient (Wildman–Crippen LogP) is 3.40. The molecule has 0 saturated carbocycles. The van der Waals surface area contributed by atoms with Crippen molar-refractivity contribution in [3.05, 3.63) is 53.6 Å². The highest BCUT2D eigenvalue weighted by atomic mass is 35.5. The highest BCUT2D eigenvalue weighted by Gasteiger charge is 2.25. The van der Waals surface area contributed by atoms with E-state index in [4.69, 9.17) is 5.73 Å². The summed E-state index contributed by atoms with van der Waals surface area (Å²) >= 11 is 0. The minimum absolute atomic E-state index is 0. The number of halogens is 1. The smallest absolute Gasteiger partial charge is 0.241 e. The van der Waals surface area contributed by atoms with Gasteiger partial charge in [0.1, 0.15) is 0 Å². The summed E-state index contributed by atoms with van der Waals surface area (Å²) in [6.07, 6.45) is 2.93. The predicted molar refractivity (Wildman–Crippen MR) is 109 cm³/mol. The molecule has 1 aliphatic rings. The fraction of sp³-hybridized carbons (Fsp3) is 0.316. The van der Waals surface area contributed by atoms with Crippen molar-refractivity contribution in [1.82, 2.24) is 4.72 Å². The molecule has 1 aliphatic carbocycles. The van der Waals surface area contributed by atoms with Gasteiger partial charge in [-0.05, 0) is 66.8 Å². The van der Waals surface area contributed by atoms with Crippen LogP contribution in [0.4, 0.5) is 11.4 Å². The molecule has 0 fully saturated rings. The van der Waals surface area contributed by atoms with E-state index in [1.807, 2.05) is 12.1 Å². The van der Waals surface area contributed by atoms with Crippen LogP contribution < -0.4 is 15.8 Å². The maximum Gasteiger partial charge on any atom is 0.241 e. The number of rotatable bonds is 5. The second-order valence-electron chi connectivity index (χ2n) is 6.45. The summed E-state index contributed by atoms with van der Waals surface area (Å²) in [6.45, 7) is 1.76. The van der Waals surface area contributed by atoms with Gasteiger partial charge in [-0.3, -0.25) is 4.79 Å². The van der Waals surface area contributed by atoms with Crippen LogP contribution in [0.1, 0.15) is 43.4 Å². The lowest BCUT2D eigenvalue weighted by molar-refractivity contribution is -0.115. The molecule has 0 spiro atoms. The third-order valence-corrected chi connectivity index (χ3v) is 6.04. The number of amides is 1. The molecule has 146 valence electrons. The lowest BCUT2D eigenvalue weighted by atomic mass is 9.88. The van der Waals surface area contributed by atoms with E-state index < -0.39 is 10.0 Å². The number of hydrogen-bond donors (Lipinski definition) is 3. The first-order valence-electron chi connectivity index (χ1n) is 8.69. The van der Waals surface area contributed by atoms with Crippen LogP contribution in [-0.4, -0.2) is 14.3 Å². The number of nitrogens with one attached hydrogen (secondary N) is 2. The molecule has 2 aromatic carbocycles. The summed E-state index contributed by atoms with van der Waals surface area (Å²) in [5.41, 5.74) is 9.19. The third kappa shape index (κ3) is 5.00. The summed E-state index contributed by atoms with van der Waals surface area (Å²) in [6, 6.07) is 11.6. The van der Waals surface area contributed by atoms with Gasteiger partial charge in [-0.15, -0.1) is 12.4 Å². The van der Waals surface area contributed by atoms with Crippen LogP contribution >= 0.6 is 12.4 Å². The zero-order valence-electron chi connectivity index (χ0n) is 15.1. The van der Waals surface area contributed by atoms with Crippen LogP contribution in [-0.2, 0) is 21.2 Å². The van der Waals surface area contributed by atoms with E-state index >= 15 is 0 Å². The molecule has 1 atom stereocenters.